The van der Waals surface area contributed by atoms with Crippen molar-refractivity contribution in [2.75, 3.05) is 24.6 Å². The minimum Gasteiger partial charge on any atom is -0.298 e. The lowest BCUT2D eigenvalue weighted by molar-refractivity contribution is 0.150. The van der Waals surface area contributed by atoms with Crippen LogP contribution in [-0.2, 0) is 9.84 Å². The Labute approximate surface area is 92.8 Å². The number of hydrogen-bond acceptors (Lipinski definition) is 3. The van der Waals surface area contributed by atoms with E-state index in [2.05, 4.69) is 11.8 Å². The maximum absolute atomic E-state index is 11.3. The Kier molecular flexibility index (Phi) is 3.36. The van der Waals surface area contributed by atoms with Gasteiger partial charge in [-0.3, -0.25) is 4.90 Å². The lowest BCUT2D eigenvalue weighted by atomic mass is 9.86. The van der Waals surface area contributed by atoms with E-state index in [1.807, 2.05) is 0 Å². The van der Waals surface area contributed by atoms with Crippen LogP contribution in [0.5, 0.6) is 0 Å². The van der Waals surface area contributed by atoms with Gasteiger partial charge in [0.2, 0.25) is 0 Å². The van der Waals surface area contributed by atoms with Gasteiger partial charge in [-0.1, -0.05) is 6.92 Å². The first-order valence-electron chi connectivity index (χ1n) is 6.01. The molecule has 2 aliphatic rings. The zero-order chi connectivity index (χ0) is 10.9. The van der Waals surface area contributed by atoms with Gasteiger partial charge in [-0.05, 0) is 31.6 Å². The van der Waals surface area contributed by atoms with E-state index in [-0.39, 0.29) is 0 Å². The molecule has 0 aromatic heterocycles. The number of sulfone groups is 1. The molecule has 3 nitrogen and oxygen atoms in total. The van der Waals surface area contributed by atoms with Crippen molar-refractivity contribution in [2.24, 2.45) is 5.92 Å². The van der Waals surface area contributed by atoms with Gasteiger partial charge in [0.25, 0.3) is 0 Å². The molecule has 0 amide bonds. The average molecular weight is 231 g/mol. The van der Waals surface area contributed by atoms with Crippen LogP contribution in [0.3, 0.4) is 0 Å². The van der Waals surface area contributed by atoms with E-state index < -0.39 is 9.84 Å². The van der Waals surface area contributed by atoms with Gasteiger partial charge in [-0.2, -0.15) is 0 Å². The van der Waals surface area contributed by atoms with Gasteiger partial charge in [-0.25, -0.2) is 8.42 Å². The number of rotatable bonds is 1. The Morgan fingerprint density at radius 3 is 2.07 bits per heavy atom. The molecule has 1 heterocycles. The molecule has 1 aliphatic heterocycles. The maximum atomic E-state index is 11.3. The molecule has 0 aromatic rings. The SMILES string of the molecule is C[C@H]1CC[C@H](N2CCS(=O)(=O)CC2)CC1. The van der Waals surface area contributed by atoms with Gasteiger partial charge in [0.1, 0.15) is 0 Å². The summed E-state index contributed by atoms with van der Waals surface area (Å²) in [4.78, 5) is 2.40. The van der Waals surface area contributed by atoms with Crippen LogP contribution in [0.25, 0.3) is 0 Å². The Balaban J connectivity index is 1.86. The summed E-state index contributed by atoms with van der Waals surface area (Å²) in [6, 6.07) is 0.664. The first-order chi connectivity index (χ1) is 7.07. The van der Waals surface area contributed by atoms with Crippen molar-refractivity contribution in [1.29, 1.82) is 0 Å². The second kappa shape index (κ2) is 4.42. The zero-order valence-corrected chi connectivity index (χ0v) is 10.3. The van der Waals surface area contributed by atoms with Crippen LogP contribution in [0.15, 0.2) is 0 Å². The molecule has 88 valence electrons. The number of hydrogen-bond donors (Lipinski definition) is 0. The molecule has 0 N–H and O–H groups in total. The molecule has 0 radical (unpaired) electrons. The highest BCUT2D eigenvalue weighted by molar-refractivity contribution is 7.91. The minimum atomic E-state index is -2.71. The predicted molar refractivity (Wildman–Crippen MR) is 61.6 cm³/mol. The average Bonchev–Trinajstić information content (AvgIpc) is 2.20. The van der Waals surface area contributed by atoms with Crippen molar-refractivity contribution in [3.05, 3.63) is 0 Å². The monoisotopic (exact) mass is 231 g/mol. The molecule has 0 atom stereocenters. The van der Waals surface area contributed by atoms with E-state index >= 15 is 0 Å². The summed E-state index contributed by atoms with van der Waals surface area (Å²) in [5.74, 6) is 1.62. The third kappa shape index (κ3) is 2.94. The molecule has 0 aromatic carbocycles. The van der Waals surface area contributed by atoms with Gasteiger partial charge < -0.3 is 0 Å². The van der Waals surface area contributed by atoms with Gasteiger partial charge in [0.05, 0.1) is 11.5 Å². The van der Waals surface area contributed by atoms with Crippen molar-refractivity contribution < 1.29 is 8.42 Å². The molecule has 0 unspecified atom stereocenters. The van der Waals surface area contributed by atoms with Crippen LogP contribution >= 0.6 is 0 Å². The first kappa shape index (κ1) is 11.4. The largest absolute Gasteiger partial charge is 0.298 e. The summed E-state index contributed by atoms with van der Waals surface area (Å²) in [6.07, 6.45) is 5.16. The van der Waals surface area contributed by atoms with E-state index in [9.17, 15) is 8.42 Å². The molecule has 2 fully saturated rings. The van der Waals surface area contributed by atoms with Gasteiger partial charge in [-0.15, -0.1) is 0 Å². The third-order valence-electron chi connectivity index (χ3n) is 3.88. The van der Waals surface area contributed by atoms with Crippen LogP contribution < -0.4 is 0 Å². The zero-order valence-electron chi connectivity index (χ0n) is 9.48. The van der Waals surface area contributed by atoms with Gasteiger partial charge >= 0.3 is 0 Å². The molecule has 1 saturated carbocycles. The molecule has 15 heavy (non-hydrogen) atoms. The molecule has 0 spiro atoms. The Hall–Kier alpha value is -0.0900. The molecule has 0 bridgehead atoms. The second-order valence-electron chi connectivity index (χ2n) is 5.10. The standard InChI is InChI=1S/C11H21NO2S/c1-10-2-4-11(5-3-10)12-6-8-15(13,14)9-7-12/h10-11H,2-9H2,1H3/t10-,11-. The van der Waals surface area contributed by atoms with Gasteiger partial charge in [0, 0.05) is 19.1 Å². The van der Waals surface area contributed by atoms with Crippen molar-refractivity contribution in [3.8, 4) is 0 Å². The van der Waals surface area contributed by atoms with Crippen molar-refractivity contribution >= 4 is 9.84 Å². The fourth-order valence-electron chi connectivity index (χ4n) is 2.70. The smallest absolute Gasteiger partial charge is 0.152 e. The fourth-order valence-corrected chi connectivity index (χ4v) is 3.93. The molecule has 1 saturated heterocycles. The van der Waals surface area contributed by atoms with E-state index in [0.29, 0.717) is 17.5 Å². The third-order valence-corrected chi connectivity index (χ3v) is 5.49. The quantitative estimate of drug-likeness (QED) is 0.682. The van der Waals surface area contributed by atoms with Crippen LogP contribution in [-0.4, -0.2) is 44.0 Å². The van der Waals surface area contributed by atoms with Crippen molar-refractivity contribution in [2.45, 2.75) is 38.6 Å². The van der Waals surface area contributed by atoms with Crippen LogP contribution in [0.2, 0.25) is 0 Å². The topological polar surface area (TPSA) is 37.4 Å². The maximum Gasteiger partial charge on any atom is 0.152 e. The summed E-state index contributed by atoms with van der Waals surface area (Å²) in [5, 5.41) is 0. The van der Waals surface area contributed by atoms with Crippen LogP contribution in [0.4, 0.5) is 0 Å². The summed E-state index contributed by atoms with van der Waals surface area (Å²) in [6.45, 7) is 3.85. The van der Waals surface area contributed by atoms with E-state index in [1.54, 1.807) is 0 Å². The molecule has 2 rings (SSSR count). The fraction of sp³-hybridized carbons (Fsp3) is 1.00. The van der Waals surface area contributed by atoms with E-state index in [4.69, 9.17) is 0 Å². The Morgan fingerprint density at radius 2 is 1.53 bits per heavy atom. The summed E-state index contributed by atoms with van der Waals surface area (Å²) in [7, 11) is -2.71. The Bertz CT molecular complexity index is 291. The highest BCUT2D eigenvalue weighted by Gasteiger charge is 2.29. The van der Waals surface area contributed by atoms with Crippen molar-refractivity contribution in [1.82, 2.24) is 4.90 Å². The van der Waals surface area contributed by atoms with Crippen LogP contribution in [0, 0.1) is 5.92 Å². The number of nitrogens with zero attached hydrogens (tertiary/aromatic N) is 1. The summed E-state index contributed by atoms with van der Waals surface area (Å²) < 4.78 is 22.6. The molecular formula is C11H21NO2S. The Morgan fingerprint density at radius 1 is 1.00 bits per heavy atom. The normalized spacial score (nSPS) is 37.7. The van der Waals surface area contributed by atoms with Crippen molar-refractivity contribution in [3.63, 3.8) is 0 Å². The minimum absolute atomic E-state index is 0.374. The van der Waals surface area contributed by atoms with E-state index in [0.717, 1.165) is 19.0 Å². The summed E-state index contributed by atoms with van der Waals surface area (Å²) >= 11 is 0. The first-order valence-corrected chi connectivity index (χ1v) is 7.83. The van der Waals surface area contributed by atoms with Gasteiger partial charge in [0.15, 0.2) is 9.84 Å². The molecule has 4 heteroatoms. The molecule has 1 aliphatic carbocycles. The van der Waals surface area contributed by atoms with E-state index in [1.165, 1.54) is 25.7 Å². The highest BCUT2D eigenvalue weighted by atomic mass is 32.2. The highest BCUT2D eigenvalue weighted by Crippen LogP contribution is 2.27. The second-order valence-corrected chi connectivity index (χ2v) is 7.41. The van der Waals surface area contributed by atoms with Crippen LogP contribution in [0.1, 0.15) is 32.6 Å². The lowest BCUT2D eigenvalue weighted by Gasteiger charge is -2.38. The lowest BCUT2D eigenvalue weighted by Crippen LogP contribution is -2.47. The summed E-state index contributed by atoms with van der Waals surface area (Å²) in [5.41, 5.74) is 0. The predicted octanol–water partition coefficient (Wildman–Crippen LogP) is 1.30. The molecular weight excluding hydrogens is 210 g/mol.